The Morgan fingerprint density at radius 3 is 2.50 bits per heavy atom. The Labute approximate surface area is 109 Å². The molecule has 0 aromatic rings. The number of amides is 1. The summed E-state index contributed by atoms with van der Waals surface area (Å²) in [5, 5.41) is 0. The molecule has 18 heavy (non-hydrogen) atoms. The summed E-state index contributed by atoms with van der Waals surface area (Å²) in [7, 11) is 1.41. The molecule has 1 aliphatic carbocycles. The summed E-state index contributed by atoms with van der Waals surface area (Å²) in [5.41, 5.74) is 0. The van der Waals surface area contributed by atoms with E-state index in [-0.39, 0.29) is 23.7 Å². The number of esters is 1. The van der Waals surface area contributed by atoms with Gasteiger partial charge in [-0.1, -0.05) is 19.8 Å². The van der Waals surface area contributed by atoms with Gasteiger partial charge in [-0.25, -0.2) is 0 Å². The molecule has 0 radical (unpaired) electrons. The van der Waals surface area contributed by atoms with E-state index in [2.05, 4.69) is 0 Å². The highest BCUT2D eigenvalue weighted by atomic mass is 16.5. The molecule has 102 valence electrons. The van der Waals surface area contributed by atoms with Crippen molar-refractivity contribution >= 4 is 11.9 Å². The maximum absolute atomic E-state index is 12.2. The predicted molar refractivity (Wildman–Crippen MR) is 67.8 cm³/mol. The highest BCUT2D eigenvalue weighted by molar-refractivity contribution is 5.79. The average molecular weight is 253 g/mol. The van der Waals surface area contributed by atoms with Gasteiger partial charge in [0.05, 0.1) is 13.0 Å². The van der Waals surface area contributed by atoms with Crippen LogP contribution in [0.4, 0.5) is 0 Å². The first-order valence-corrected chi connectivity index (χ1v) is 6.97. The first kappa shape index (κ1) is 13.4. The molecule has 2 fully saturated rings. The molecule has 0 aromatic heterocycles. The number of nitrogens with zero attached hydrogens (tertiary/aromatic N) is 1. The SMILES string of the molecule is COC(=O)C1CN(C(=O)CC2CCCC2)CC1C. The van der Waals surface area contributed by atoms with Crippen LogP contribution in [-0.4, -0.2) is 37.0 Å². The molecular weight excluding hydrogens is 230 g/mol. The van der Waals surface area contributed by atoms with Gasteiger partial charge in [-0.2, -0.15) is 0 Å². The molecule has 1 saturated heterocycles. The van der Waals surface area contributed by atoms with Crippen molar-refractivity contribution in [2.24, 2.45) is 17.8 Å². The van der Waals surface area contributed by atoms with Gasteiger partial charge in [0.25, 0.3) is 0 Å². The normalized spacial score (nSPS) is 28.7. The molecule has 2 aliphatic rings. The van der Waals surface area contributed by atoms with Crippen LogP contribution in [0.15, 0.2) is 0 Å². The number of hydrogen-bond donors (Lipinski definition) is 0. The molecule has 1 saturated carbocycles. The lowest BCUT2D eigenvalue weighted by molar-refractivity contribution is -0.146. The van der Waals surface area contributed by atoms with Crippen LogP contribution in [0.2, 0.25) is 0 Å². The van der Waals surface area contributed by atoms with E-state index in [9.17, 15) is 9.59 Å². The summed E-state index contributed by atoms with van der Waals surface area (Å²) in [5.74, 6) is 0.691. The van der Waals surface area contributed by atoms with Crippen molar-refractivity contribution in [2.75, 3.05) is 20.2 Å². The second-order valence-electron chi connectivity index (χ2n) is 5.76. The van der Waals surface area contributed by atoms with Gasteiger partial charge >= 0.3 is 5.97 Å². The Morgan fingerprint density at radius 1 is 1.22 bits per heavy atom. The third kappa shape index (κ3) is 2.85. The molecule has 0 N–H and O–H groups in total. The summed E-state index contributed by atoms with van der Waals surface area (Å²) in [4.78, 5) is 25.6. The smallest absolute Gasteiger partial charge is 0.310 e. The van der Waals surface area contributed by atoms with E-state index in [1.54, 1.807) is 0 Å². The molecule has 4 heteroatoms. The predicted octanol–water partition coefficient (Wildman–Crippen LogP) is 1.83. The van der Waals surface area contributed by atoms with E-state index in [0.717, 1.165) is 0 Å². The van der Waals surface area contributed by atoms with Gasteiger partial charge in [-0.3, -0.25) is 9.59 Å². The number of rotatable bonds is 3. The summed E-state index contributed by atoms with van der Waals surface area (Å²) in [6.07, 6.45) is 5.57. The topological polar surface area (TPSA) is 46.6 Å². The van der Waals surface area contributed by atoms with E-state index >= 15 is 0 Å². The zero-order valence-electron chi connectivity index (χ0n) is 11.4. The lowest BCUT2D eigenvalue weighted by Gasteiger charge is -2.18. The van der Waals surface area contributed by atoms with Crippen LogP contribution in [0, 0.1) is 17.8 Å². The zero-order chi connectivity index (χ0) is 13.1. The number of carbonyl (C=O) groups excluding carboxylic acids is 2. The maximum atomic E-state index is 12.2. The van der Waals surface area contributed by atoms with Gasteiger partial charge in [0.15, 0.2) is 0 Å². The van der Waals surface area contributed by atoms with Crippen LogP contribution in [-0.2, 0) is 14.3 Å². The molecule has 1 aliphatic heterocycles. The quantitative estimate of drug-likeness (QED) is 0.721. The first-order chi connectivity index (χ1) is 8.61. The Kier molecular flexibility index (Phi) is 4.25. The van der Waals surface area contributed by atoms with Gasteiger partial charge in [-0.05, 0) is 24.7 Å². The Bertz CT molecular complexity index is 323. The summed E-state index contributed by atoms with van der Waals surface area (Å²) in [6.45, 7) is 3.26. The average Bonchev–Trinajstić information content (AvgIpc) is 2.97. The zero-order valence-corrected chi connectivity index (χ0v) is 11.4. The molecule has 1 amide bonds. The van der Waals surface area contributed by atoms with Crippen molar-refractivity contribution in [1.29, 1.82) is 0 Å². The van der Waals surface area contributed by atoms with Crippen molar-refractivity contribution in [2.45, 2.75) is 39.0 Å². The minimum Gasteiger partial charge on any atom is -0.469 e. The number of methoxy groups -OCH3 is 1. The van der Waals surface area contributed by atoms with Gasteiger partial charge in [0.1, 0.15) is 0 Å². The molecule has 2 rings (SSSR count). The van der Waals surface area contributed by atoms with Gasteiger partial charge in [-0.15, -0.1) is 0 Å². The lowest BCUT2D eigenvalue weighted by Crippen LogP contribution is -2.31. The fourth-order valence-electron chi connectivity index (χ4n) is 3.22. The van der Waals surface area contributed by atoms with Crippen LogP contribution in [0.3, 0.4) is 0 Å². The monoisotopic (exact) mass is 253 g/mol. The highest BCUT2D eigenvalue weighted by Gasteiger charge is 2.38. The van der Waals surface area contributed by atoms with E-state index in [1.807, 2.05) is 11.8 Å². The molecular formula is C14H23NO3. The Balaban J connectivity index is 1.86. The van der Waals surface area contributed by atoms with Gasteiger partial charge in [0.2, 0.25) is 5.91 Å². The van der Waals surface area contributed by atoms with Crippen molar-refractivity contribution < 1.29 is 14.3 Å². The van der Waals surface area contributed by atoms with Crippen molar-refractivity contribution in [3.63, 3.8) is 0 Å². The van der Waals surface area contributed by atoms with E-state index in [0.29, 0.717) is 25.4 Å². The molecule has 2 atom stereocenters. The largest absolute Gasteiger partial charge is 0.469 e. The summed E-state index contributed by atoms with van der Waals surface area (Å²) < 4.78 is 4.79. The second kappa shape index (κ2) is 5.72. The standard InChI is InChI=1S/C14H23NO3/c1-10-8-15(9-12(10)14(17)18-2)13(16)7-11-5-3-4-6-11/h10-12H,3-9H2,1-2H3. The second-order valence-corrected chi connectivity index (χ2v) is 5.76. The Morgan fingerprint density at radius 2 is 1.89 bits per heavy atom. The number of hydrogen-bond acceptors (Lipinski definition) is 3. The lowest BCUT2D eigenvalue weighted by atomic mass is 9.99. The molecule has 2 unspecified atom stereocenters. The van der Waals surface area contributed by atoms with Crippen molar-refractivity contribution in [3.05, 3.63) is 0 Å². The van der Waals surface area contributed by atoms with Crippen LogP contribution < -0.4 is 0 Å². The molecule has 0 spiro atoms. The molecule has 0 aromatic carbocycles. The van der Waals surface area contributed by atoms with E-state index < -0.39 is 0 Å². The van der Waals surface area contributed by atoms with Crippen molar-refractivity contribution in [1.82, 2.24) is 4.90 Å². The van der Waals surface area contributed by atoms with Crippen molar-refractivity contribution in [3.8, 4) is 0 Å². The maximum Gasteiger partial charge on any atom is 0.310 e. The number of ether oxygens (including phenoxy) is 1. The van der Waals surface area contributed by atoms with Gasteiger partial charge < -0.3 is 9.64 Å². The fourth-order valence-corrected chi connectivity index (χ4v) is 3.22. The van der Waals surface area contributed by atoms with Crippen LogP contribution in [0.5, 0.6) is 0 Å². The molecule has 4 nitrogen and oxygen atoms in total. The third-order valence-corrected chi connectivity index (χ3v) is 4.41. The van der Waals surface area contributed by atoms with Gasteiger partial charge in [0, 0.05) is 19.5 Å². The Hall–Kier alpha value is -1.06. The minimum atomic E-state index is -0.182. The number of carbonyl (C=O) groups is 2. The summed E-state index contributed by atoms with van der Waals surface area (Å²) in [6, 6.07) is 0. The van der Waals surface area contributed by atoms with E-state index in [4.69, 9.17) is 4.74 Å². The van der Waals surface area contributed by atoms with Crippen LogP contribution >= 0.6 is 0 Å². The first-order valence-electron chi connectivity index (χ1n) is 6.97. The number of likely N-dealkylation sites (tertiary alicyclic amines) is 1. The minimum absolute atomic E-state index is 0.137. The third-order valence-electron chi connectivity index (χ3n) is 4.41. The van der Waals surface area contributed by atoms with Crippen LogP contribution in [0.1, 0.15) is 39.0 Å². The highest BCUT2D eigenvalue weighted by Crippen LogP contribution is 2.30. The fraction of sp³-hybridized carbons (Fsp3) is 0.857. The van der Waals surface area contributed by atoms with Crippen LogP contribution in [0.25, 0.3) is 0 Å². The molecule has 0 bridgehead atoms. The summed E-state index contributed by atoms with van der Waals surface area (Å²) >= 11 is 0. The van der Waals surface area contributed by atoms with E-state index in [1.165, 1.54) is 32.8 Å². The molecule has 1 heterocycles.